The number of methoxy groups -OCH3 is 2. The van der Waals surface area contributed by atoms with Crippen molar-refractivity contribution in [3.8, 4) is 11.5 Å². The second kappa shape index (κ2) is 8.72. The highest BCUT2D eigenvalue weighted by Gasteiger charge is 2.21. The van der Waals surface area contributed by atoms with Crippen LogP contribution in [0.4, 0.5) is 0 Å². The molecular weight excluding hydrogens is 360 g/mol. The van der Waals surface area contributed by atoms with Crippen LogP contribution in [0.15, 0.2) is 41.0 Å². The number of furan rings is 1. The molecule has 142 valence electrons. The molecule has 0 fully saturated rings. The number of amides is 1. The van der Waals surface area contributed by atoms with Crippen LogP contribution in [0.25, 0.3) is 0 Å². The zero-order valence-electron chi connectivity index (χ0n) is 14.9. The fourth-order valence-electron chi connectivity index (χ4n) is 2.40. The zero-order chi connectivity index (χ0) is 19.2. The standard InChI is InChI=1S/C17H22N2O6S/c1-23-14-7-4-8-15(24-2)16(14)17(20)18-9-10-19(26(3,21)22)12-13-6-5-11-25-13/h4-8,11H,9-10,12H2,1-3H3,(H,18,20). The smallest absolute Gasteiger partial charge is 0.258 e. The van der Waals surface area contributed by atoms with E-state index in [9.17, 15) is 13.2 Å². The Morgan fingerprint density at radius 2 is 1.81 bits per heavy atom. The summed E-state index contributed by atoms with van der Waals surface area (Å²) >= 11 is 0. The number of hydrogen-bond acceptors (Lipinski definition) is 6. The van der Waals surface area contributed by atoms with Gasteiger partial charge in [-0.15, -0.1) is 0 Å². The normalized spacial score (nSPS) is 11.4. The van der Waals surface area contributed by atoms with Gasteiger partial charge < -0.3 is 19.2 Å². The van der Waals surface area contributed by atoms with Gasteiger partial charge >= 0.3 is 0 Å². The average molecular weight is 382 g/mol. The van der Waals surface area contributed by atoms with Crippen LogP contribution in [0.2, 0.25) is 0 Å². The van der Waals surface area contributed by atoms with Crippen LogP contribution >= 0.6 is 0 Å². The van der Waals surface area contributed by atoms with Gasteiger partial charge in [-0.05, 0) is 24.3 Å². The van der Waals surface area contributed by atoms with Crippen LogP contribution in [0.5, 0.6) is 11.5 Å². The van der Waals surface area contributed by atoms with Gasteiger partial charge in [-0.3, -0.25) is 4.79 Å². The van der Waals surface area contributed by atoms with E-state index in [4.69, 9.17) is 13.9 Å². The molecule has 2 rings (SSSR count). The summed E-state index contributed by atoms with van der Waals surface area (Å²) in [5, 5.41) is 2.69. The van der Waals surface area contributed by atoms with E-state index in [0.717, 1.165) is 6.26 Å². The third-order valence-electron chi connectivity index (χ3n) is 3.68. The van der Waals surface area contributed by atoms with E-state index in [0.29, 0.717) is 17.3 Å². The molecule has 1 amide bonds. The molecule has 0 aliphatic heterocycles. The highest BCUT2D eigenvalue weighted by atomic mass is 32.2. The summed E-state index contributed by atoms with van der Waals surface area (Å²) < 4.78 is 40.7. The molecule has 1 N–H and O–H groups in total. The van der Waals surface area contributed by atoms with Gasteiger partial charge in [0, 0.05) is 13.1 Å². The van der Waals surface area contributed by atoms with Gasteiger partial charge in [-0.1, -0.05) is 6.07 Å². The Hall–Kier alpha value is -2.52. The predicted molar refractivity (Wildman–Crippen MR) is 95.8 cm³/mol. The first-order chi connectivity index (χ1) is 12.4. The Balaban J connectivity index is 2.04. The topological polar surface area (TPSA) is 98.1 Å². The average Bonchev–Trinajstić information content (AvgIpc) is 3.12. The molecule has 0 aliphatic carbocycles. The first-order valence-corrected chi connectivity index (χ1v) is 9.68. The van der Waals surface area contributed by atoms with Crippen LogP contribution in [0.1, 0.15) is 16.1 Å². The minimum absolute atomic E-state index is 0.0969. The molecule has 0 bridgehead atoms. The van der Waals surface area contributed by atoms with Crippen molar-refractivity contribution >= 4 is 15.9 Å². The van der Waals surface area contributed by atoms with E-state index in [2.05, 4.69) is 5.32 Å². The Bertz CT molecular complexity index is 811. The van der Waals surface area contributed by atoms with Crippen molar-refractivity contribution in [3.63, 3.8) is 0 Å². The number of hydrogen-bond donors (Lipinski definition) is 1. The minimum Gasteiger partial charge on any atom is -0.496 e. The van der Waals surface area contributed by atoms with E-state index in [1.165, 1.54) is 24.8 Å². The van der Waals surface area contributed by atoms with E-state index in [-0.39, 0.29) is 25.2 Å². The molecule has 0 aliphatic rings. The van der Waals surface area contributed by atoms with Crippen LogP contribution in [0.3, 0.4) is 0 Å². The minimum atomic E-state index is -3.46. The molecule has 1 aromatic carbocycles. The maximum absolute atomic E-state index is 12.5. The first-order valence-electron chi connectivity index (χ1n) is 7.83. The van der Waals surface area contributed by atoms with Crippen molar-refractivity contribution in [2.75, 3.05) is 33.6 Å². The van der Waals surface area contributed by atoms with Crippen molar-refractivity contribution in [2.24, 2.45) is 0 Å². The number of carbonyl (C=O) groups excluding carboxylic acids is 1. The van der Waals surface area contributed by atoms with Gasteiger partial charge in [0.05, 0.1) is 33.3 Å². The van der Waals surface area contributed by atoms with Crippen molar-refractivity contribution in [1.82, 2.24) is 9.62 Å². The van der Waals surface area contributed by atoms with Crippen LogP contribution in [0, 0.1) is 0 Å². The second-order valence-electron chi connectivity index (χ2n) is 5.47. The van der Waals surface area contributed by atoms with Gasteiger partial charge in [0.15, 0.2) is 0 Å². The van der Waals surface area contributed by atoms with Crippen LogP contribution in [-0.2, 0) is 16.6 Å². The molecule has 26 heavy (non-hydrogen) atoms. The Labute approximate surface area is 152 Å². The van der Waals surface area contributed by atoms with Gasteiger partial charge in [0.1, 0.15) is 22.8 Å². The van der Waals surface area contributed by atoms with E-state index in [1.54, 1.807) is 30.3 Å². The Kier molecular flexibility index (Phi) is 6.64. The third kappa shape index (κ3) is 4.99. The van der Waals surface area contributed by atoms with Crippen molar-refractivity contribution in [2.45, 2.75) is 6.54 Å². The fraction of sp³-hybridized carbons (Fsp3) is 0.353. The molecule has 0 unspecified atom stereocenters. The van der Waals surface area contributed by atoms with Gasteiger partial charge in [-0.2, -0.15) is 4.31 Å². The summed E-state index contributed by atoms with van der Waals surface area (Å²) in [5.41, 5.74) is 0.259. The maximum atomic E-state index is 12.5. The summed E-state index contributed by atoms with van der Waals surface area (Å²) in [6.07, 6.45) is 2.59. The molecule has 8 nitrogen and oxygen atoms in total. The molecule has 1 heterocycles. The molecule has 0 atom stereocenters. The van der Waals surface area contributed by atoms with Crippen LogP contribution < -0.4 is 14.8 Å². The quantitative estimate of drug-likeness (QED) is 0.706. The fourth-order valence-corrected chi connectivity index (χ4v) is 3.18. The Morgan fingerprint density at radius 1 is 1.15 bits per heavy atom. The summed E-state index contributed by atoms with van der Waals surface area (Å²) in [5.74, 6) is 0.855. The molecule has 0 saturated carbocycles. The summed E-state index contributed by atoms with van der Waals surface area (Å²) in [4.78, 5) is 12.5. The number of benzene rings is 1. The second-order valence-corrected chi connectivity index (χ2v) is 7.45. The lowest BCUT2D eigenvalue weighted by atomic mass is 10.1. The first kappa shape index (κ1) is 19.8. The predicted octanol–water partition coefficient (Wildman–Crippen LogP) is 1.49. The Morgan fingerprint density at radius 3 is 2.31 bits per heavy atom. The van der Waals surface area contributed by atoms with Gasteiger partial charge in [0.2, 0.25) is 10.0 Å². The molecule has 2 aromatic rings. The number of nitrogens with zero attached hydrogens (tertiary/aromatic N) is 1. The van der Waals surface area contributed by atoms with Gasteiger partial charge in [0.25, 0.3) is 5.91 Å². The van der Waals surface area contributed by atoms with Crippen molar-refractivity contribution in [1.29, 1.82) is 0 Å². The third-order valence-corrected chi connectivity index (χ3v) is 4.93. The lowest BCUT2D eigenvalue weighted by Crippen LogP contribution is -2.37. The van der Waals surface area contributed by atoms with Gasteiger partial charge in [-0.25, -0.2) is 8.42 Å². The van der Waals surface area contributed by atoms with Crippen molar-refractivity contribution < 1.29 is 27.1 Å². The zero-order valence-corrected chi connectivity index (χ0v) is 15.7. The molecule has 0 spiro atoms. The molecule has 9 heteroatoms. The summed E-state index contributed by atoms with van der Waals surface area (Å²) in [6.45, 7) is 0.316. The highest BCUT2D eigenvalue weighted by Crippen LogP contribution is 2.27. The number of carbonyl (C=O) groups is 1. The number of rotatable bonds is 9. The molecular formula is C17H22N2O6S. The van der Waals surface area contributed by atoms with Crippen molar-refractivity contribution in [3.05, 3.63) is 47.9 Å². The lowest BCUT2D eigenvalue weighted by Gasteiger charge is -2.19. The molecule has 0 saturated heterocycles. The number of ether oxygens (including phenoxy) is 2. The van der Waals surface area contributed by atoms with Crippen LogP contribution in [-0.4, -0.2) is 52.2 Å². The molecule has 1 aromatic heterocycles. The lowest BCUT2D eigenvalue weighted by molar-refractivity contribution is 0.0945. The highest BCUT2D eigenvalue weighted by molar-refractivity contribution is 7.88. The largest absolute Gasteiger partial charge is 0.496 e. The number of sulfonamides is 1. The van der Waals surface area contributed by atoms with E-state index >= 15 is 0 Å². The summed E-state index contributed by atoms with van der Waals surface area (Å²) in [6, 6.07) is 8.39. The van der Waals surface area contributed by atoms with E-state index < -0.39 is 15.9 Å². The van der Waals surface area contributed by atoms with E-state index in [1.807, 2.05) is 0 Å². The monoisotopic (exact) mass is 382 g/mol. The number of nitrogens with one attached hydrogen (secondary N) is 1. The maximum Gasteiger partial charge on any atom is 0.258 e. The SMILES string of the molecule is COc1cccc(OC)c1C(=O)NCCN(Cc1ccco1)S(C)(=O)=O. The summed E-state index contributed by atoms with van der Waals surface area (Å²) in [7, 11) is -0.539. The molecule has 0 radical (unpaired) electrons.